The normalized spacial score (nSPS) is 11.2. The molecule has 0 fully saturated rings. The topological polar surface area (TPSA) is 132 Å². The van der Waals surface area contributed by atoms with Crippen LogP contribution >= 0.6 is 11.3 Å². The van der Waals surface area contributed by atoms with E-state index >= 15 is 0 Å². The molecule has 0 radical (unpaired) electrons. The number of hydrogen-bond donors (Lipinski definition) is 3. The Hall–Kier alpha value is -3.32. The first-order valence-electron chi connectivity index (χ1n) is 6.44. The fraction of sp³-hybridized carbons (Fsp3) is 0.0769. The summed E-state index contributed by atoms with van der Waals surface area (Å²) in [6.45, 7) is 1.44. The highest BCUT2D eigenvalue weighted by molar-refractivity contribution is 7.22. The lowest BCUT2D eigenvalue weighted by atomic mass is 10.2. The molecule has 0 saturated heterocycles. The zero-order valence-corrected chi connectivity index (χ0v) is 12.7. The number of aromatic nitrogens is 5. The van der Waals surface area contributed by atoms with Gasteiger partial charge in [-0.1, -0.05) is 11.3 Å². The third-order valence-corrected chi connectivity index (χ3v) is 3.69. The summed E-state index contributed by atoms with van der Waals surface area (Å²) in [7, 11) is 0. The molecule has 0 aliphatic carbocycles. The Morgan fingerprint density at radius 3 is 3.04 bits per heavy atom. The molecule has 23 heavy (non-hydrogen) atoms. The molecule has 114 valence electrons. The highest BCUT2D eigenvalue weighted by Gasteiger charge is 2.07. The second-order valence-electron chi connectivity index (χ2n) is 4.43. The number of carbonyl (C=O) groups is 1. The zero-order valence-electron chi connectivity index (χ0n) is 11.9. The summed E-state index contributed by atoms with van der Waals surface area (Å²) in [5, 5.41) is 28.5. The summed E-state index contributed by atoms with van der Waals surface area (Å²) in [5.41, 5.74) is 1.81. The van der Waals surface area contributed by atoms with Gasteiger partial charge < -0.3 is 10.6 Å². The van der Waals surface area contributed by atoms with Crippen LogP contribution in [-0.4, -0.2) is 31.5 Å². The molecule has 0 atom stereocenters. The van der Waals surface area contributed by atoms with Gasteiger partial charge in [0.15, 0.2) is 5.13 Å². The van der Waals surface area contributed by atoms with Gasteiger partial charge >= 0.3 is 0 Å². The van der Waals surface area contributed by atoms with Gasteiger partial charge in [0.2, 0.25) is 11.7 Å². The van der Waals surface area contributed by atoms with E-state index in [2.05, 4.69) is 36.2 Å². The first kappa shape index (κ1) is 14.6. The molecule has 0 aliphatic heterocycles. The van der Waals surface area contributed by atoms with Crippen LogP contribution in [0.3, 0.4) is 0 Å². The van der Waals surface area contributed by atoms with E-state index < -0.39 is 0 Å². The van der Waals surface area contributed by atoms with E-state index in [1.165, 1.54) is 24.5 Å². The molecule has 10 heteroatoms. The molecule has 0 aliphatic rings. The van der Waals surface area contributed by atoms with Crippen LogP contribution < -0.4 is 10.6 Å². The molecule has 2 aromatic heterocycles. The minimum Gasteiger partial charge on any atom is -0.360 e. The third-order valence-electron chi connectivity index (χ3n) is 2.76. The SMILES string of the molecule is CC(=O)Nc1nc2ccc(NC=C(C#N)c3nn[nH]n3)cc2s1. The summed E-state index contributed by atoms with van der Waals surface area (Å²) >= 11 is 1.37. The molecule has 3 rings (SSSR count). The second kappa shape index (κ2) is 6.20. The quantitative estimate of drug-likeness (QED) is 0.622. The smallest absolute Gasteiger partial charge is 0.223 e. The number of tetrazole rings is 1. The van der Waals surface area contributed by atoms with Crippen LogP contribution in [-0.2, 0) is 4.79 Å². The minimum absolute atomic E-state index is 0.163. The molecular formula is C13H10N8OS. The predicted octanol–water partition coefficient (Wildman–Crippen LogP) is 1.74. The number of carbonyl (C=O) groups excluding carboxylic acids is 1. The lowest BCUT2D eigenvalue weighted by molar-refractivity contribution is -0.114. The summed E-state index contributed by atoms with van der Waals surface area (Å²) in [6, 6.07) is 7.52. The Balaban J connectivity index is 1.83. The van der Waals surface area contributed by atoms with Crippen LogP contribution in [0.25, 0.3) is 15.8 Å². The molecule has 0 unspecified atom stereocenters. The van der Waals surface area contributed by atoms with Crippen LogP contribution in [0, 0.1) is 11.3 Å². The maximum absolute atomic E-state index is 11.1. The maximum Gasteiger partial charge on any atom is 0.223 e. The Bertz CT molecular complexity index is 921. The second-order valence-corrected chi connectivity index (χ2v) is 5.46. The Kier molecular flexibility index (Phi) is 3.94. The molecule has 1 amide bonds. The van der Waals surface area contributed by atoms with Crippen molar-refractivity contribution >= 4 is 43.9 Å². The van der Waals surface area contributed by atoms with E-state index in [1.807, 2.05) is 24.3 Å². The van der Waals surface area contributed by atoms with Gasteiger partial charge in [0.1, 0.15) is 11.6 Å². The summed E-state index contributed by atoms with van der Waals surface area (Å²) in [4.78, 5) is 15.4. The first-order valence-corrected chi connectivity index (χ1v) is 7.26. The number of nitrogens with one attached hydrogen (secondary N) is 3. The van der Waals surface area contributed by atoms with Crippen LogP contribution in [0.5, 0.6) is 0 Å². The molecule has 3 aromatic rings. The number of benzene rings is 1. The van der Waals surface area contributed by atoms with E-state index in [-0.39, 0.29) is 17.3 Å². The zero-order chi connectivity index (χ0) is 16.2. The number of rotatable bonds is 4. The fourth-order valence-corrected chi connectivity index (χ4v) is 2.75. The maximum atomic E-state index is 11.1. The molecule has 0 spiro atoms. The van der Waals surface area contributed by atoms with Gasteiger partial charge in [-0.3, -0.25) is 4.79 Å². The molecule has 0 bridgehead atoms. The Morgan fingerprint density at radius 2 is 2.35 bits per heavy atom. The van der Waals surface area contributed by atoms with Gasteiger partial charge in [-0.2, -0.15) is 10.5 Å². The van der Waals surface area contributed by atoms with Crippen molar-refractivity contribution < 1.29 is 4.79 Å². The van der Waals surface area contributed by atoms with Gasteiger partial charge in [0.05, 0.1) is 10.2 Å². The van der Waals surface area contributed by atoms with Crippen molar-refractivity contribution in [3.05, 3.63) is 30.2 Å². The van der Waals surface area contributed by atoms with E-state index in [9.17, 15) is 4.79 Å². The average molecular weight is 326 g/mol. The summed E-state index contributed by atoms with van der Waals surface area (Å²) < 4.78 is 0.908. The van der Waals surface area contributed by atoms with Crippen molar-refractivity contribution in [3.63, 3.8) is 0 Å². The van der Waals surface area contributed by atoms with Crippen molar-refractivity contribution in [2.45, 2.75) is 6.92 Å². The number of aromatic amines is 1. The lowest BCUT2D eigenvalue weighted by Crippen LogP contribution is -2.04. The van der Waals surface area contributed by atoms with Gasteiger partial charge in [-0.05, 0) is 23.4 Å². The van der Waals surface area contributed by atoms with Gasteiger partial charge in [-0.25, -0.2) is 4.98 Å². The number of allylic oxidation sites excluding steroid dienone is 1. The number of amides is 1. The van der Waals surface area contributed by atoms with E-state index in [0.29, 0.717) is 5.13 Å². The van der Waals surface area contributed by atoms with Crippen molar-refractivity contribution in [1.29, 1.82) is 5.26 Å². The van der Waals surface area contributed by atoms with Crippen LogP contribution in [0.15, 0.2) is 24.4 Å². The Morgan fingerprint density at radius 1 is 1.48 bits per heavy atom. The fourth-order valence-electron chi connectivity index (χ4n) is 1.80. The van der Waals surface area contributed by atoms with Crippen molar-refractivity contribution in [1.82, 2.24) is 25.6 Å². The number of anilines is 2. The van der Waals surface area contributed by atoms with Crippen LogP contribution in [0.2, 0.25) is 0 Å². The molecule has 1 aromatic carbocycles. The molecule has 2 heterocycles. The van der Waals surface area contributed by atoms with Crippen molar-refractivity contribution in [3.8, 4) is 6.07 Å². The third kappa shape index (κ3) is 3.30. The minimum atomic E-state index is -0.163. The monoisotopic (exact) mass is 326 g/mol. The standard InChI is InChI=1S/C13H10N8OS/c1-7(22)16-13-17-10-3-2-9(4-11(10)23-13)15-6-8(5-14)12-18-20-21-19-12/h2-4,6,15H,1H3,(H,16,17,22)(H,18,19,20,21). The number of hydrogen-bond acceptors (Lipinski definition) is 8. The van der Waals surface area contributed by atoms with Gasteiger partial charge in [-0.15, -0.1) is 10.2 Å². The molecule has 9 nitrogen and oxygen atoms in total. The highest BCUT2D eigenvalue weighted by atomic mass is 32.1. The Labute approximate surface area is 134 Å². The summed E-state index contributed by atoms with van der Waals surface area (Å²) in [5.74, 6) is 0.0518. The number of nitrogens with zero attached hydrogens (tertiary/aromatic N) is 5. The highest BCUT2D eigenvalue weighted by Crippen LogP contribution is 2.28. The average Bonchev–Trinajstić information content (AvgIpc) is 3.16. The molecule has 0 saturated carbocycles. The predicted molar refractivity (Wildman–Crippen MR) is 85.3 cm³/mol. The summed E-state index contributed by atoms with van der Waals surface area (Å²) in [6.07, 6.45) is 1.50. The number of H-pyrrole nitrogens is 1. The van der Waals surface area contributed by atoms with Crippen molar-refractivity contribution in [2.24, 2.45) is 0 Å². The van der Waals surface area contributed by atoms with E-state index in [0.717, 1.165) is 15.9 Å². The lowest BCUT2D eigenvalue weighted by Gasteiger charge is -2.00. The number of thiazole rings is 1. The van der Waals surface area contributed by atoms with Gasteiger partial charge in [0, 0.05) is 18.8 Å². The largest absolute Gasteiger partial charge is 0.360 e. The number of fused-ring (bicyclic) bond motifs is 1. The van der Waals surface area contributed by atoms with E-state index in [1.54, 1.807) is 0 Å². The molecule has 3 N–H and O–H groups in total. The first-order chi connectivity index (χ1) is 11.2. The molecular weight excluding hydrogens is 316 g/mol. The van der Waals surface area contributed by atoms with Gasteiger partial charge in [0.25, 0.3) is 0 Å². The van der Waals surface area contributed by atoms with E-state index in [4.69, 9.17) is 5.26 Å². The van der Waals surface area contributed by atoms with Crippen LogP contribution in [0.1, 0.15) is 12.7 Å². The van der Waals surface area contributed by atoms with Crippen LogP contribution in [0.4, 0.5) is 10.8 Å². The van der Waals surface area contributed by atoms with Crippen molar-refractivity contribution in [2.75, 3.05) is 10.6 Å². The number of nitriles is 1.